The summed E-state index contributed by atoms with van der Waals surface area (Å²) in [5.41, 5.74) is 0.834. The average molecular weight is 313 g/mol. The van der Waals surface area contributed by atoms with E-state index in [1.54, 1.807) is 11.8 Å². The van der Waals surface area contributed by atoms with Crippen molar-refractivity contribution in [3.63, 3.8) is 0 Å². The molecule has 2 rings (SSSR count). The Kier molecular flexibility index (Phi) is 5.75. The average Bonchev–Trinajstić information content (AvgIpc) is 2.42. The fraction of sp³-hybridized carbons (Fsp3) is 0.533. The van der Waals surface area contributed by atoms with Gasteiger partial charge in [-0.2, -0.15) is 0 Å². The molecule has 110 valence electrons. The van der Waals surface area contributed by atoms with Gasteiger partial charge in [0.25, 0.3) is 0 Å². The first-order valence-electron chi connectivity index (χ1n) is 7.06. The summed E-state index contributed by atoms with van der Waals surface area (Å²) in [7, 11) is 0. The van der Waals surface area contributed by atoms with Crippen LogP contribution in [0, 0.1) is 5.92 Å². The second-order valence-electron chi connectivity index (χ2n) is 5.14. The van der Waals surface area contributed by atoms with Crippen LogP contribution in [0.4, 0.5) is 5.69 Å². The third kappa shape index (κ3) is 4.14. The Morgan fingerprint density at radius 2 is 2.35 bits per heavy atom. The Morgan fingerprint density at radius 1 is 1.55 bits per heavy atom. The second kappa shape index (κ2) is 7.34. The summed E-state index contributed by atoms with van der Waals surface area (Å²) in [5, 5.41) is 7.07. The number of carbonyl (C=O) groups excluding carboxylic acids is 1. The van der Waals surface area contributed by atoms with Crippen LogP contribution in [0.25, 0.3) is 0 Å². The van der Waals surface area contributed by atoms with Crippen LogP contribution in [0.15, 0.2) is 23.1 Å². The van der Waals surface area contributed by atoms with Crippen LogP contribution in [0.5, 0.6) is 0 Å². The number of hydrogen-bond acceptors (Lipinski definition) is 3. The number of anilines is 1. The molecule has 1 aliphatic heterocycles. The highest BCUT2D eigenvalue weighted by molar-refractivity contribution is 7.99. The lowest BCUT2D eigenvalue weighted by atomic mass is 9.92. The molecule has 1 aromatic rings. The van der Waals surface area contributed by atoms with E-state index >= 15 is 0 Å². The molecule has 0 unspecified atom stereocenters. The number of hydrogen-bond donors (Lipinski definition) is 2. The first-order chi connectivity index (χ1) is 9.60. The number of benzene rings is 1. The van der Waals surface area contributed by atoms with Crippen LogP contribution in [0.2, 0.25) is 5.02 Å². The minimum absolute atomic E-state index is 0.0877. The molecule has 1 aliphatic rings. The number of halogens is 1. The molecule has 20 heavy (non-hydrogen) atoms. The van der Waals surface area contributed by atoms with E-state index in [-0.39, 0.29) is 11.8 Å². The first kappa shape index (κ1) is 15.7. The topological polar surface area (TPSA) is 41.1 Å². The molecule has 2 atom stereocenters. The fourth-order valence-corrected chi connectivity index (χ4v) is 3.40. The zero-order valence-electron chi connectivity index (χ0n) is 11.9. The van der Waals surface area contributed by atoms with Gasteiger partial charge in [0.15, 0.2) is 0 Å². The Morgan fingerprint density at radius 3 is 3.05 bits per heavy atom. The van der Waals surface area contributed by atoms with E-state index in [9.17, 15) is 4.79 Å². The van der Waals surface area contributed by atoms with Crippen molar-refractivity contribution < 1.29 is 4.79 Å². The predicted molar refractivity (Wildman–Crippen MR) is 86.7 cm³/mol. The predicted octanol–water partition coefficient (Wildman–Crippen LogP) is 3.78. The standard InChI is InChI=1S/C15H21ClN2OS/c1-3-20-14-5-4-12(16)9-13(14)18-15(19)11-6-7-17-10(2)8-11/h4-5,9-11,17H,3,6-8H2,1-2H3,(H,18,19)/t10-,11-/m0/s1. The molecule has 2 N–H and O–H groups in total. The van der Waals surface area contributed by atoms with E-state index in [0.29, 0.717) is 11.1 Å². The van der Waals surface area contributed by atoms with Crippen LogP contribution >= 0.6 is 23.4 Å². The van der Waals surface area contributed by atoms with Gasteiger partial charge in [0.1, 0.15) is 0 Å². The van der Waals surface area contributed by atoms with E-state index < -0.39 is 0 Å². The van der Waals surface area contributed by atoms with E-state index in [1.807, 2.05) is 18.2 Å². The third-order valence-corrected chi connectivity index (χ3v) is 4.68. The van der Waals surface area contributed by atoms with Gasteiger partial charge in [-0.05, 0) is 50.3 Å². The summed E-state index contributed by atoms with van der Waals surface area (Å²) < 4.78 is 0. The summed E-state index contributed by atoms with van der Waals surface area (Å²) in [5.74, 6) is 1.16. The van der Waals surface area contributed by atoms with E-state index in [2.05, 4.69) is 24.5 Å². The SMILES string of the molecule is CCSc1ccc(Cl)cc1NC(=O)[C@H]1CCN[C@@H](C)C1. The third-order valence-electron chi connectivity index (χ3n) is 3.49. The van der Waals surface area contributed by atoms with Gasteiger partial charge in [-0.1, -0.05) is 18.5 Å². The largest absolute Gasteiger partial charge is 0.325 e. The highest BCUT2D eigenvalue weighted by Gasteiger charge is 2.25. The summed E-state index contributed by atoms with van der Waals surface area (Å²) in [6.07, 6.45) is 1.79. The lowest BCUT2D eigenvalue weighted by molar-refractivity contribution is -0.120. The van der Waals surface area contributed by atoms with Crippen molar-refractivity contribution in [2.45, 2.75) is 37.6 Å². The van der Waals surface area contributed by atoms with Gasteiger partial charge < -0.3 is 10.6 Å². The van der Waals surface area contributed by atoms with Gasteiger partial charge in [-0.15, -0.1) is 11.8 Å². The van der Waals surface area contributed by atoms with E-state index in [4.69, 9.17) is 11.6 Å². The van der Waals surface area contributed by atoms with Crippen molar-refractivity contribution in [1.29, 1.82) is 0 Å². The molecular weight excluding hydrogens is 292 g/mol. The van der Waals surface area contributed by atoms with E-state index in [1.165, 1.54) is 0 Å². The van der Waals surface area contributed by atoms with Crippen LogP contribution in [-0.4, -0.2) is 24.2 Å². The molecule has 0 aromatic heterocycles. The second-order valence-corrected chi connectivity index (χ2v) is 6.88. The number of piperidine rings is 1. The minimum atomic E-state index is 0.0877. The van der Waals surface area contributed by atoms with Gasteiger partial charge in [0, 0.05) is 21.9 Å². The highest BCUT2D eigenvalue weighted by Crippen LogP contribution is 2.30. The molecule has 1 saturated heterocycles. The van der Waals surface area contributed by atoms with Crippen LogP contribution in [0.3, 0.4) is 0 Å². The molecule has 0 spiro atoms. The molecule has 0 bridgehead atoms. The van der Waals surface area contributed by atoms with Crippen molar-refractivity contribution in [2.24, 2.45) is 5.92 Å². The van der Waals surface area contributed by atoms with Gasteiger partial charge in [0.05, 0.1) is 5.69 Å². The number of amides is 1. The minimum Gasteiger partial charge on any atom is -0.325 e. The van der Waals surface area contributed by atoms with Gasteiger partial charge in [0.2, 0.25) is 5.91 Å². The Hall–Kier alpha value is -0.710. The highest BCUT2D eigenvalue weighted by atomic mass is 35.5. The Balaban J connectivity index is 2.08. The van der Waals surface area contributed by atoms with Gasteiger partial charge in [-0.25, -0.2) is 0 Å². The maximum Gasteiger partial charge on any atom is 0.227 e. The molecule has 0 saturated carbocycles. The van der Waals surface area contributed by atoms with Crippen LogP contribution in [-0.2, 0) is 4.79 Å². The molecule has 3 nitrogen and oxygen atoms in total. The lowest BCUT2D eigenvalue weighted by Crippen LogP contribution is -2.40. The van der Waals surface area contributed by atoms with Gasteiger partial charge >= 0.3 is 0 Å². The maximum atomic E-state index is 12.4. The Bertz CT molecular complexity index is 481. The Labute approximate surface area is 129 Å². The summed E-state index contributed by atoms with van der Waals surface area (Å²) in [6, 6.07) is 6.07. The fourth-order valence-electron chi connectivity index (χ4n) is 2.49. The summed E-state index contributed by atoms with van der Waals surface area (Å²) in [6.45, 7) is 5.13. The van der Waals surface area contributed by atoms with Crippen molar-refractivity contribution >= 4 is 35.0 Å². The monoisotopic (exact) mass is 312 g/mol. The van der Waals surface area contributed by atoms with Gasteiger partial charge in [-0.3, -0.25) is 4.79 Å². The normalized spacial score (nSPS) is 22.6. The van der Waals surface area contributed by atoms with Crippen LogP contribution in [0.1, 0.15) is 26.7 Å². The molecule has 1 heterocycles. The maximum absolute atomic E-state index is 12.4. The zero-order valence-corrected chi connectivity index (χ0v) is 13.5. The molecule has 1 aromatic carbocycles. The van der Waals surface area contributed by atoms with Crippen molar-refractivity contribution in [2.75, 3.05) is 17.6 Å². The van der Waals surface area contributed by atoms with E-state index in [0.717, 1.165) is 35.7 Å². The smallest absolute Gasteiger partial charge is 0.227 e. The molecule has 1 fully saturated rings. The van der Waals surface area contributed by atoms with Crippen LogP contribution < -0.4 is 10.6 Å². The molecule has 0 radical (unpaired) electrons. The molecular formula is C15H21ClN2OS. The number of carbonyl (C=O) groups is 1. The van der Waals surface area contributed by atoms with Crippen molar-refractivity contribution in [3.8, 4) is 0 Å². The number of nitrogens with one attached hydrogen (secondary N) is 2. The van der Waals surface area contributed by atoms with Crippen molar-refractivity contribution in [1.82, 2.24) is 5.32 Å². The van der Waals surface area contributed by atoms with Crippen molar-refractivity contribution in [3.05, 3.63) is 23.2 Å². The first-order valence-corrected chi connectivity index (χ1v) is 8.43. The molecule has 5 heteroatoms. The quantitative estimate of drug-likeness (QED) is 0.831. The number of rotatable bonds is 4. The summed E-state index contributed by atoms with van der Waals surface area (Å²) in [4.78, 5) is 13.5. The molecule has 1 amide bonds. The lowest BCUT2D eigenvalue weighted by Gasteiger charge is -2.27. The summed E-state index contributed by atoms with van der Waals surface area (Å²) >= 11 is 7.75. The number of thioether (sulfide) groups is 1. The zero-order chi connectivity index (χ0) is 14.5. The molecule has 0 aliphatic carbocycles.